The van der Waals surface area contributed by atoms with Gasteiger partial charge >= 0.3 is 6.18 Å². The molecule has 1 aromatic heterocycles. The van der Waals surface area contributed by atoms with E-state index in [0.717, 1.165) is 0 Å². The summed E-state index contributed by atoms with van der Waals surface area (Å²) < 4.78 is 40.2. The number of halogens is 3. The number of hydrogen-bond donors (Lipinski definition) is 1. The Kier molecular flexibility index (Phi) is 5.29. The van der Waals surface area contributed by atoms with Crippen molar-refractivity contribution in [1.29, 1.82) is 0 Å². The SMILES string of the molecule is Nc1nnc(SCCCOCC(F)(F)F)s1. The maximum absolute atomic E-state index is 11.7. The van der Waals surface area contributed by atoms with Crippen LogP contribution in [0.5, 0.6) is 0 Å². The van der Waals surface area contributed by atoms with Crippen LogP contribution >= 0.6 is 23.1 Å². The summed E-state index contributed by atoms with van der Waals surface area (Å²) in [5, 5.41) is 7.75. The van der Waals surface area contributed by atoms with Crippen LogP contribution in [0, 0.1) is 0 Å². The zero-order chi connectivity index (χ0) is 12.0. The Labute approximate surface area is 98.4 Å². The van der Waals surface area contributed by atoms with E-state index in [4.69, 9.17) is 5.73 Å². The van der Waals surface area contributed by atoms with Crippen LogP contribution in [0.15, 0.2) is 4.34 Å². The highest BCUT2D eigenvalue weighted by Crippen LogP contribution is 2.23. The van der Waals surface area contributed by atoms with Crippen molar-refractivity contribution in [2.24, 2.45) is 0 Å². The van der Waals surface area contributed by atoms with Crippen molar-refractivity contribution in [3.05, 3.63) is 0 Å². The monoisotopic (exact) mass is 273 g/mol. The first-order valence-corrected chi connectivity index (χ1v) is 6.14. The second-order valence-corrected chi connectivity index (χ2v) is 5.13. The molecule has 0 atom stereocenters. The topological polar surface area (TPSA) is 61.0 Å². The molecule has 16 heavy (non-hydrogen) atoms. The van der Waals surface area contributed by atoms with E-state index in [-0.39, 0.29) is 6.61 Å². The highest BCUT2D eigenvalue weighted by Gasteiger charge is 2.27. The Morgan fingerprint density at radius 2 is 2.12 bits per heavy atom. The summed E-state index contributed by atoms with van der Waals surface area (Å²) in [7, 11) is 0. The number of anilines is 1. The minimum Gasteiger partial charge on any atom is -0.374 e. The lowest BCUT2D eigenvalue weighted by Gasteiger charge is -2.06. The molecule has 0 unspecified atom stereocenters. The van der Waals surface area contributed by atoms with Crippen molar-refractivity contribution >= 4 is 28.2 Å². The summed E-state index contributed by atoms with van der Waals surface area (Å²) in [4.78, 5) is 0. The Balaban J connectivity index is 2.00. The molecule has 0 saturated carbocycles. The fraction of sp³-hybridized carbons (Fsp3) is 0.714. The van der Waals surface area contributed by atoms with Crippen molar-refractivity contribution in [1.82, 2.24) is 10.2 Å². The number of nitrogen functional groups attached to an aromatic ring is 1. The molecule has 4 nitrogen and oxygen atoms in total. The van der Waals surface area contributed by atoms with Gasteiger partial charge in [-0.3, -0.25) is 0 Å². The Hall–Kier alpha value is -0.540. The van der Waals surface area contributed by atoms with Gasteiger partial charge in [0.2, 0.25) is 5.13 Å². The maximum Gasteiger partial charge on any atom is 0.411 e. The third-order valence-electron chi connectivity index (χ3n) is 1.35. The van der Waals surface area contributed by atoms with E-state index < -0.39 is 12.8 Å². The summed E-state index contributed by atoms with van der Waals surface area (Å²) in [6.07, 6.45) is -3.72. The number of ether oxygens (including phenoxy) is 1. The lowest BCUT2D eigenvalue weighted by Crippen LogP contribution is -2.17. The molecule has 92 valence electrons. The molecule has 0 aliphatic heterocycles. The first-order valence-electron chi connectivity index (χ1n) is 4.33. The lowest BCUT2D eigenvalue weighted by molar-refractivity contribution is -0.173. The van der Waals surface area contributed by atoms with Gasteiger partial charge in [-0.05, 0) is 6.42 Å². The molecule has 1 rings (SSSR count). The van der Waals surface area contributed by atoms with Gasteiger partial charge in [0.05, 0.1) is 0 Å². The molecule has 9 heteroatoms. The van der Waals surface area contributed by atoms with Crippen LogP contribution in [0.25, 0.3) is 0 Å². The molecule has 2 N–H and O–H groups in total. The van der Waals surface area contributed by atoms with E-state index in [1.54, 1.807) is 0 Å². The third kappa shape index (κ3) is 6.13. The standard InChI is InChI=1S/C7H10F3N3OS2/c8-7(9,10)4-14-2-1-3-15-6-13-12-5(11)16-6/h1-4H2,(H2,11,12). The lowest BCUT2D eigenvalue weighted by atomic mass is 10.5. The van der Waals surface area contributed by atoms with Crippen molar-refractivity contribution in [3.63, 3.8) is 0 Å². The second kappa shape index (κ2) is 6.26. The van der Waals surface area contributed by atoms with Crippen LogP contribution in [0.4, 0.5) is 18.3 Å². The van der Waals surface area contributed by atoms with Crippen LogP contribution in [0.3, 0.4) is 0 Å². The van der Waals surface area contributed by atoms with Gasteiger partial charge in [-0.1, -0.05) is 23.1 Å². The van der Waals surface area contributed by atoms with Gasteiger partial charge in [0.15, 0.2) is 4.34 Å². The van der Waals surface area contributed by atoms with E-state index in [1.165, 1.54) is 23.1 Å². The number of hydrogen-bond acceptors (Lipinski definition) is 6. The van der Waals surface area contributed by atoms with Gasteiger partial charge in [0, 0.05) is 12.4 Å². The molecule has 0 spiro atoms. The molecule has 1 heterocycles. The molecule has 1 aromatic rings. The zero-order valence-corrected chi connectivity index (χ0v) is 9.79. The molecular formula is C7H10F3N3OS2. The predicted molar refractivity (Wildman–Crippen MR) is 56.5 cm³/mol. The largest absolute Gasteiger partial charge is 0.411 e. The smallest absolute Gasteiger partial charge is 0.374 e. The molecule has 0 aliphatic carbocycles. The predicted octanol–water partition coefficient (Wildman–Crippen LogP) is 2.18. The van der Waals surface area contributed by atoms with E-state index in [2.05, 4.69) is 14.9 Å². The van der Waals surface area contributed by atoms with E-state index in [1.807, 2.05) is 0 Å². The van der Waals surface area contributed by atoms with Crippen molar-refractivity contribution < 1.29 is 17.9 Å². The molecule has 0 saturated heterocycles. The van der Waals surface area contributed by atoms with Gasteiger partial charge in [0.1, 0.15) is 6.61 Å². The number of nitrogens with zero attached hydrogens (tertiary/aromatic N) is 2. The third-order valence-corrected chi connectivity index (χ3v) is 3.32. The highest BCUT2D eigenvalue weighted by molar-refractivity contribution is 8.01. The number of aromatic nitrogens is 2. The summed E-state index contributed by atoms with van der Waals surface area (Å²) in [6.45, 7) is -1.11. The zero-order valence-electron chi connectivity index (χ0n) is 8.16. The quantitative estimate of drug-likeness (QED) is 0.636. The van der Waals surface area contributed by atoms with Crippen LogP contribution in [0.1, 0.15) is 6.42 Å². The highest BCUT2D eigenvalue weighted by atomic mass is 32.2. The first-order chi connectivity index (χ1) is 7.47. The second-order valence-electron chi connectivity index (χ2n) is 2.78. The fourth-order valence-electron chi connectivity index (χ4n) is 0.787. The molecule has 0 aliphatic rings. The van der Waals surface area contributed by atoms with E-state index in [0.29, 0.717) is 21.6 Å². The van der Waals surface area contributed by atoms with Crippen molar-refractivity contribution in [2.75, 3.05) is 24.7 Å². The van der Waals surface area contributed by atoms with Gasteiger partial charge in [0.25, 0.3) is 0 Å². The van der Waals surface area contributed by atoms with Crippen LogP contribution < -0.4 is 5.73 Å². The summed E-state index contributed by atoms with van der Waals surface area (Å²) >= 11 is 2.66. The van der Waals surface area contributed by atoms with E-state index in [9.17, 15) is 13.2 Å². The van der Waals surface area contributed by atoms with Gasteiger partial charge in [-0.15, -0.1) is 10.2 Å². The minimum atomic E-state index is -4.25. The van der Waals surface area contributed by atoms with E-state index >= 15 is 0 Å². The maximum atomic E-state index is 11.7. The Morgan fingerprint density at radius 3 is 2.69 bits per heavy atom. The van der Waals surface area contributed by atoms with Gasteiger partial charge in [-0.2, -0.15) is 13.2 Å². The number of rotatable bonds is 6. The Bertz CT molecular complexity index is 318. The average Bonchev–Trinajstić information content (AvgIpc) is 2.56. The number of nitrogens with two attached hydrogens (primary N) is 1. The summed E-state index contributed by atoms with van der Waals surface area (Å²) in [6, 6.07) is 0. The van der Waals surface area contributed by atoms with Crippen LogP contribution in [0.2, 0.25) is 0 Å². The normalized spacial score (nSPS) is 11.9. The van der Waals surface area contributed by atoms with Crippen LogP contribution in [-0.4, -0.2) is 35.3 Å². The Morgan fingerprint density at radius 1 is 1.38 bits per heavy atom. The van der Waals surface area contributed by atoms with Gasteiger partial charge < -0.3 is 10.5 Å². The number of thioether (sulfide) groups is 1. The van der Waals surface area contributed by atoms with Crippen molar-refractivity contribution in [3.8, 4) is 0 Å². The van der Waals surface area contributed by atoms with Gasteiger partial charge in [-0.25, -0.2) is 0 Å². The molecular weight excluding hydrogens is 263 g/mol. The molecule has 0 fully saturated rings. The molecule has 0 bridgehead atoms. The molecule has 0 aromatic carbocycles. The minimum absolute atomic E-state index is 0.0841. The average molecular weight is 273 g/mol. The molecule has 0 radical (unpaired) electrons. The summed E-state index contributed by atoms with van der Waals surface area (Å²) in [5.74, 6) is 0.631. The van der Waals surface area contributed by atoms with Crippen molar-refractivity contribution in [2.45, 2.75) is 16.9 Å². The fourth-order valence-corrected chi connectivity index (χ4v) is 2.41. The van der Waals surface area contributed by atoms with Crippen LogP contribution in [-0.2, 0) is 4.74 Å². The first kappa shape index (κ1) is 13.5. The molecule has 0 amide bonds. The number of alkyl halides is 3. The summed E-state index contributed by atoms with van der Waals surface area (Å²) in [5.41, 5.74) is 5.36.